The minimum absolute atomic E-state index is 0.0400. The van der Waals surface area contributed by atoms with E-state index in [4.69, 9.17) is 0 Å². The summed E-state index contributed by atoms with van der Waals surface area (Å²) in [6.07, 6.45) is 5.22. The molecule has 0 aromatic rings. The summed E-state index contributed by atoms with van der Waals surface area (Å²) < 4.78 is 0. The number of amidine groups is 2. The van der Waals surface area contributed by atoms with Gasteiger partial charge in [-0.1, -0.05) is 11.8 Å². The third-order valence-electron chi connectivity index (χ3n) is 1.69. The zero-order valence-corrected chi connectivity index (χ0v) is 7.26. The first-order chi connectivity index (χ1) is 5.81. The van der Waals surface area contributed by atoms with Gasteiger partial charge in [0.15, 0.2) is 5.17 Å². The van der Waals surface area contributed by atoms with Crippen LogP contribution in [0.5, 0.6) is 0 Å². The maximum absolute atomic E-state index is 11.3. The lowest BCUT2D eigenvalue weighted by atomic mass is 10.1. The Morgan fingerprint density at radius 2 is 2.50 bits per heavy atom. The highest BCUT2D eigenvalue weighted by Gasteiger charge is 2.29. The van der Waals surface area contributed by atoms with Crippen molar-refractivity contribution in [3.8, 4) is 0 Å². The Kier molecular flexibility index (Phi) is 1.73. The Bertz CT molecular complexity index is 319. The summed E-state index contributed by atoms with van der Waals surface area (Å²) in [6.45, 7) is 0. The molecule has 2 heterocycles. The second-order valence-corrected chi connectivity index (χ2v) is 3.21. The van der Waals surface area contributed by atoms with Crippen LogP contribution in [0.3, 0.4) is 0 Å². The Balaban J connectivity index is 2.34. The molecule has 1 unspecified atom stereocenters. The first-order valence-corrected chi connectivity index (χ1v) is 4.71. The fourth-order valence-corrected chi connectivity index (χ4v) is 1.47. The number of nitrogens with one attached hydrogen (secondary N) is 1. The molecule has 0 saturated carbocycles. The Hall–Kier alpha value is -1.10. The van der Waals surface area contributed by atoms with Crippen molar-refractivity contribution in [2.45, 2.75) is 0 Å². The average Bonchev–Trinajstić information content (AvgIpc) is 2.52. The molecule has 1 atom stereocenters. The fourth-order valence-electron chi connectivity index (χ4n) is 1.09. The Morgan fingerprint density at radius 3 is 3.25 bits per heavy atom. The smallest absolute Gasteiger partial charge is 0.240 e. The van der Waals surface area contributed by atoms with Gasteiger partial charge in [0.1, 0.15) is 11.8 Å². The van der Waals surface area contributed by atoms with Gasteiger partial charge in [-0.25, -0.2) is 9.98 Å². The van der Waals surface area contributed by atoms with Crippen LogP contribution in [0.2, 0.25) is 0 Å². The van der Waals surface area contributed by atoms with E-state index in [-0.39, 0.29) is 11.8 Å². The van der Waals surface area contributed by atoms with E-state index >= 15 is 0 Å². The molecule has 0 fully saturated rings. The highest BCUT2D eigenvalue weighted by Crippen LogP contribution is 2.16. The van der Waals surface area contributed by atoms with Crippen LogP contribution in [0.25, 0.3) is 0 Å². The largest absolute Gasteiger partial charge is 0.304 e. The molecule has 1 N–H and O–H groups in total. The molecule has 1 amide bonds. The molecule has 12 heavy (non-hydrogen) atoms. The second-order valence-electron chi connectivity index (χ2n) is 2.42. The molecule has 0 aromatic carbocycles. The van der Waals surface area contributed by atoms with E-state index in [1.807, 2.05) is 6.26 Å². The third-order valence-corrected chi connectivity index (χ3v) is 2.27. The molecule has 0 saturated heterocycles. The molecular formula is C7H7N3OS. The van der Waals surface area contributed by atoms with Crippen molar-refractivity contribution in [3.05, 3.63) is 12.3 Å². The number of hydrogen-bond acceptors (Lipinski definition) is 4. The first-order valence-electron chi connectivity index (χ1n) is 3.49. The van der Waals surface area contributed by atoms with Crippen LogP contribution in [0.4, 0.5) is 0 Å². The van der Waals surface area contributed by atoms with Crippen molar-refractivity contribution in [2.75, 3.05) is 6.26 Å². The van der Waals surface area contributed by atoms with Crippen LogP contribution in [0.1, 0.15) is 0 Å². The second kappa shape index (κ2) is 2.75. The number of thioether (sulfide) groups is 1. The minimum Gasteiger partial charge on any atom is -0.304 e. The van der Waals surface area contributed by atoms with Gasteiger partial charge in [-0.05, 0) is 12.3 Å². The Labute approximate surface area is 73.9 Å². The van der Waals surface area contributed by atoms with Gasteiger partial charge < -0.3 is 5.32 Å². The average molecular weight is 181 g/mol. The molecule has 5 heteroatoms. The van der Waals surface area contributed by atoms with Crippen LogP contribution in [-0.4, -0.2) is 23.2 Å². The zero-order chi connectivity index (χ0) is 8.55. The quantitative estimate of drug-likeness (QED) is 0.587. The molecule has 2 rings (SSSR count). The van der Waals surface area contributed by atoms with Gasteiger partial charge in [0, 0.05) is 6.20 Å². The maximum atomic E-state index is 11.3. The molecule has 0 aliphatic carbocycles. The van der Waals surface area contributed by atoms with Crippen molar-refractivity contribution >= 4 is 28.7 Å². The summed E-state index contributed by atoms with van der Waals surface area (Å²) in [5.74, 6) is 0.297. The van der Waals surface area contributed by atoms with Crippen LogP contribution in [-0.2, 0) is 4.79 Å². The van der Waals surface area contributed by atoms with Crippen molar-refractivity contribution in [2.24, 2.45) is 15.9 Å². The van der Waals surface area contributed by atoms with Crippen molar-refractivity contribution in [3.63, 3.8) is 0 Å². The van der Waals surface area contributed by atoms with Crippen LogP contribution in [0, 0.1) is 5.92 Å². The lowest BCUT2D eigenvalue weighted by molar-refractivity contribution is -0.120. The van der Waals surface area contributed by atoms with E-state index in [1.165, 1.54) is 11.8 Å². The minimum atomic E-state index is -0.263. The van der Waals surface area contributed by atoms with E-state index in [1.54, 1.807) is 12.3 Å². The maximum Gasteiger partial charge on any atom is 0.240 e. The summed E-state index contributed by atoms with van der Waals surface area (Å²) >= 11 is 1.41. The van der Waals surface area contributed by atoms with Gasteiger partial charge in [0.05, 0.1) is 0 Å². The highest BCUT2D eigenvalue weighted by atomic mass is 32.2. The van der Waals surface area contributed by atoms with E-state index < -0.39 is 0 Å². The summed E-state index contributed by atoms with van der Waals surface area (Å²) in [7, 11) is 0. The van der Waals surface area contributed by atoms with Crippen molar-refractivity contribution in [1.82, 2.24) is 5.32 Å². The summed E-state index contributed by atoms with van der Waals surface area (Å²) in [5.41, 5.74) is 0. The fraction of sp³-hybridized carbons (Fsp3) is 0.286. The molecule has 0 spiro atoms. The van der Waals surface area contributed by atoms with E-state index in [0.717, 1.165) is 0 Å². The number of carbonyl (C=O) groups excluding carboxylic acids is 1. The number of aliphatic imine (C=N–C) groups is 2. The molecule has 0 bridgehead atoms. The lowest BCUT2D eigenvalue weighted by Crippen LogP contribution is -2.40. The van der Waals surface area contributed by atoms with Gasteiger partial charge in [0.2, 0.25) is 5.91 Å². The normalized spacial score (nSPS) is 26.1. The van der Waals surface area contributed by atoms with E-state index in [9.17, 15) is 4.79 Å². The van der Waals surface area contributed by atoms with Crippen molar-refractivity contribution in [1.29, 1.82) is 0 Å². The molecule has 2 aliphatic rings. The molecule has 0 radical (unpaired) electrons. The van der Waals surface area contributed by atoms with Crippen LogP contribution < -0.4 is 5.32 Å². The van der Waals surface area contributed by atoms with E-state index in [0.29, 0.717) is 11.0 Å². The number of fused-ring (bicyclic) bond motifs is 1. The molecule has 2 aliphatic heterocycles. The predicted octanol–water partition coefficient (Wildman–Crippen LogP) is 0.377. The van der Waals surface area contributed by atoms with Gasteiger partial charge in [-0.2, -0.15) is 0 Å². The summed E-state index contributed by atoms with van der Waals surface area (Å²) in [6, 6.07) is 0. The summed E-state index contributed by atoms with van der Waals surface area (Å²) in [5, 5.41) is 3.30. The van der Waals surface area contributed by atoms with Crippen LogP contribution in [0.15, 0.2) is 22.3 Å². The summed E-state index contributed by atoms with van der Waals surface area (Å²) in [4.78, 5) is 19.4. The third kappa shape index (κ3) is 1.06. The number of hydrogen-bond donors (Lipinski definition) is 1. The lowest BCUT2D eigenvalue weighted by Gasteiger charge is -2.16. The van der Waals surface area contributed by atoms with Gasteiger partial charge in [-0.15, -0.1) is 0 Å². The van der Waals surface area contributed by atoms with E-state index in [2.05, 4.69) is 15.3 Å². The number of carbonyl (C=O) groups is 1. The topological polar surface area (TPSA) is 53.8 Å². The number of nitrogens with zero attached hydrogens (tertiary/aromatic N) is 2. The molecule has 0 aromatic heterocycles. The first kappa shape index (κ1) is 7.54. The van der Waals surface area contributed by atoms with Crippen molar-refractivity contribution < 1.29 is 4.79 Å². The number of rotatable bonds is 0. The van der Waals surface area contributed by atoms with Gasteiger partial charge in [0.25, 0.3) is 0 Å². The predicted molar refractivity (Wildman–Crippen MR) is 49.2 cm³/mol. The zero-order valence-electron chi connectivity index (χ0n) is 6.44. The molecule has 62 valence electrons. The highest BCUT2D eigenvalue weighted by molar-refractivity contribution is 8.13. The van der Waals surface area contributed by atoms with Crippen LogP contribution >= 0.6 is 11.8 Å². The number of amides is 1. The standard InChI is InChI=1S/C7H7N3OS/c1-12-7-9-5-4(2-3-8-5)6(11)10-7/h2-4H,1H3,(H,8,9,10,11). The molecule has 4 nitrogen and oxygen atoms in total. The molecular weight excluding hydrogens is 174 g/mol. The SMILES string of the molecule is CSC1=NC2=NC=CC2C(=O)N1. The Morgan fingerprint density at radius 1 is 1.67 bits per heavy atom. The van der Waals surface area contributed by atoms with Gasteiger partial charge >= 0.3 is 0 Å². The van der Waals surface area contributed by atoms with Gasteiger partial charge in [-0.3, -0.25) is 4.79 Å². The monoisotopic (exact) mass is 181 g/mol.